The lowest BCUT2D eigenvalue weighted by Crippen LogP contribution is -2.41. The van der Waals surface area contributed by atoms with Crippen LogP contribution >= 0.6 is 0 Å². The van der Waals surface area contributed by atoms with Crippen molar-refractivity contribution in [2.24, 2.45) is 11.7 Å². The molecule has 0 aliphatic carbocycles. The molecule has 0 amide bonds. The number of carboxylic acids is 1. The fraction of sp³-hybridized carbons (Fsp3) is 0.944. The standard InChI is InChI=1S/C36H72N2O7/c1-3-5-6-7-8-9-10-11-12-13-14-15-16-17-18-19-20-21-24-31(35(42)43)27-32(40)28-38(29-33(41)30-39)26-23-22-25-34(37)36(44)45-4-2/h31-34,39-41H,3-30,37H2,1-2H3,(H,42,43). The van der Waals surface area contributed by atoms with Crippen LogP contribution in [0.15, 0.2) is 0 Å². The van der Waals surface area contributed by atoms with Gasteiger partial charge in [-0.2, -0.15) is 0 Å². The number of nitrogens with zero attached hydrogens (tertiary/aromatic N) is 1. The van der Waals surface area contributed by atoms with E-state index in [9.17, 15) is 30.0 Å². The van der Waals surface area contributed by atoms with Crippen LogP contribution in [0.2, 0.25) is 0 Å². The third-order valence-corrected chi connectivity index (χ3v) is 8.79. The smallest absolute Gasteiger partial charge is 0.322 e. The molecule has 4 atom stereocenters. The van der Waals surface area contributed by atoms with Crippen LogP contribution < -0.4 is 5.73 Å². The summed E-state index contributed by atoms with van der Waals surface area (Å²) in [6.07, 6.45) is 24.0. The third-order valence-electron chi connectivity index (χ3n) is 8.79. The molecule has 0 spiro atoms. The van der Waals surface area contributed by atoms with Crippen molar-refractivity contribution in [3.05, 3.63) is 0 Å². The zero-order chi connectivity index (χ0) is 33.5. The molecule has 0 heterocycles. The van der Waals surface area contributed by atoms with Crippen LogP contribution in [0.5, 0.6) is 0 Å². The van der Waals surface area contributed by atoms with Crippen molar-refractivity contribution in [2.75, 3.05) is 32.8 Å². The highest BCUT2D eigenvalue weighted by molar-refractivity contribution is 5.75. The van der Waals surface area contributed by atoms with E-state index in [-0.39, 0.29) is 26.1 Å². The van der Waals surface area contributed by atoms with Crippen molar-refractivity contribution in [2.45, 2.75) is 180 Å². The van der Waals surface area contributed by atoms with E-state index in [0.29, 0.717) is 32.2 Å². The largest absolute Gasteiger partial charge is 0.481 e. The predicted molar refractivity (Wildman–Crippen MR) is 183 cm³/mol. The molecule has 4 unspecified atom stereocenters. The van der Waals surface area contributed by atoms with E-state index < -0.39 is 42.7 Å². The maximum absolute atomic E-state index is 11.9. The van der Waals surface area contributed by atoms with Crippen molar-refractivity contribution in [1.82, 2.24) is 4.90 Å². The molecule has 0 aromatic carbocycles. The summed E-state index contributed by atoms with van der Waals surface area (Å²) in [4.78, 5) is 25.4. The first-order valence-corrected chi connectivity index (χ1v) is 18.6. The minimum Gasteiger partial charge on any atom is -0.481 e. The Morgan fingerprint density at radius 1 is 0.667 bits per heavy atom. The Morgan fingerprint density at radius 2 is 1.11 bits per heavy atom. The van der Waals surface area contributed by atoms with Crippen LogP contribution in [0.1, 0.15) is 162 Å². The number of hydrogen-bond acceptors (Lipinski definition) is 8. The molecular formula is C36H72N2O7. The lowest BCUT2D eigenvalue weighted by molar-refractivity contribution is -0.145. The first-order chi connectivity index (χ1) is 21.7. The molecule has 9 nitrogen and oxygen atoms in total. The molecule has 6 N–H and O–H groups in total. The molecular weight excluding hydrogens is 572 g/mol. The average Bonchev–Trinajstić information content (AvgIpc) is 3.01. The van der Waals surface area contributed by atoms with Gasteiger partial charge in [-0.1, -0.05) is 129 Å². The minimum absolute atomic E-state index is 0.160. The molecule has 0 saturated heterocycles. The van der Waals surface area contributed by atoms with Crippen LogP contribution in [-0.2, 0) is 14.3 Å². The van der Waals surface area contributed by atoms with Gasteiger partial charge in [-0.3, -0.25) is 14.5 Å². The van der Waals surface area contributed by atoms with Gasteiger partial charge < -0.3 is 30.9 Å². The molecule has 0 bridgehead atoms. The van der Waals surface area contributed by atoms with E-state index in [0.717, 1.165) is 19.3 Å². The molecule has 0 rings (SSSR count). The number of ether oxygens (including phenoxy) is 1. The molecule has 268 valence electrons. The number of carboxylic acid groups (broad SMARTS) is 1. The van der Waals surface area contributed by atoms with Crippen molar-refractivity contribution < 1.29 is 34.8 Å². The van der Waals surface area contributed by atoms with Crippen molar-refractivity contribution in [3.63, 3.8) is 0 Å². The molecule has 0 aliphatic rings. The van der Waals surface area contributed by atoms with E-state index in [1.807, 2.05) is 4.90 Å². The van der Waals surface area contributed by atoms with Crippen molar-refractivity contribution >= 4 is 11.9 Å². The van der Waals surface area contributed by atoms with E-state index in [1.54, 1.807) is 6.92 Å². The molecule has 0 radical (unpaired) electrons. The number of rotatable bonds is 34. The summed E-state index contributed by atoms with van der Waals surface area (Å²) >= 11 is 0. The van der Waals surface area contributed by atoms with Crippen molar-refractivity contribution in [1.29, 1.82) is 0 Å². The second kappa shape index (κ2) is 31.3. The van der Waals surface area contributed by atoms with Gasteiger partial charge in [0, 0.05) is 13.1 Å². The first kappa shape index (κ1) is 43.7. The summed E-state index contributed by atoms with van der Waals surface area (Å²) in [5, 5.41) is 39.7. The van der Waals surface area contributed by atoms with Gasteiger partial charge in [0.15, 0.2) is 0 Å². The number of unbranched alkanes of at least 4 members (excludes halogenated alkanes) is 18. The molecule has 9 heteroatoms. The minimum atomic E-state index is -0.950. The van der Waals surface area contributed by atoms with Gasteiger partial charge in [-0.15, -0.1) is 0 Å². The second-order valence-electron chi connectivity index (χ2n) is 13.2. The maximum atomic E-state index is 11.9. The van der Waals surface area contributed by atoms with Gasteiger partial charge in [-0.25, -0.2) is 0 Å². The number of carbonyl (C=O) groups excluding carboxylic acids is 1. The van der Waals surface area contributed by atoms with E-state index >= 15 is 0 Å². The number of hydrogen-bond donors (Lipinski definition) is 5. The summed E-state index contributed by atoms with van der Waals surface area (Å²) in [5.41, 5.74) is 5.85. The molecule has 45 heavy (non-hydrogen) atoms. The number of nitrogens with two attached hydrogens (primary N) is 1. The molecule has 0 aliphatic heterocycles. The Labute approximate surface area is 275 Å². The Bertz CT molecular complexity index is 682. The van der Waals surface area contributed by atoms with Gasteiger partial charge in [-0.05, 0) is 39.2 Å². The first-order valence-electron chi connectivity index (χ1n) is 18.6. The van der Waals surface area contributed by atoms with Crippen LogP contribution in [-0.4, -0.2) is 88.4 Å². The number of esters is 1. The van der Waals surface area contributed by atoms with Crippen LogP contribution in [0.3, 0.4) is 0 Å². The Balaban J connectivity index is 4.08. The predicted octanol–water partition coefficient (Wildman–Crippen LogP) is 6.59. The summed E-state index contributed by atoms with van der Waals surface area (Å²) < 4.78 is 4.93. The van der Waals surface area contributed by atoms with E-state index in [4.69, 9.17) is 10.5 Å². The fourth-order valence-electron chi connectivity index (χ4n) is 6.02. The van der Waals surface area contributed by atoms with Gasteiger partial charge in [0.2, 0.25) is 0 Å². The highest BCUT2D eigenvalue weighted by Gasteiger charge is 2.23. The number of carbonyl (C=O) groups is 2. The molecule has 0 aromatic rings. The summed E-state index contributed by atoms with van der Waals surface area (Å²) in [5.74, 6) is -1.90. The summed E-state index contributed by atoms with van der Waals surface area (Å²) in [6, 6.07) is -0.678. The van der Waals surface area contributed by atoms with Crippen molar-refractivity contribution in [3.8, 4) is 0 Å². The van der Waals surface area contributed by atoms with Crippen LogP contribution in [0.4, 0.5) is 0 Å². The lowest BCUT2D eigenvalue weighted by Gasteiger charge is -2.28. The topological polar surface area (TPSA) is 154 Å². The highest BCUT2D eigenvalue weighted by Crippen LogP contribution is 2.19. The quantitative estimate of drug-likeness (QED) is 0.0386. The van der Waals surface area contributed by atoms with Gasteiger partial charge in [0.05, 0.1) is 31.3 Å². The Hall–Kier alpha value is -1.26. The normalized spacial score (nSPS) is 14.4. The molecule has 0 aromatic heterocycles. The second-order valence-corrected chi connectivity index (χ2v) is 13.2. The SMILES string of the molecule is CCCCCCCCCCCCCCCCCCCCC(CC(O)CN(CCCCC(N)C(=O)OCC)CC(O)CO)C(=O)O. The lowest BCUT2D eigenvalue weighted by atomic mass is 9.94. The third kappa shape index (κ3) is 27.6. The van der Waals surface area contributed by atoms with Gasteiger partial charge in [0.1, 0.15) is 6.04 Å². The number of aliphatic hydroxyl groups excluding tert-OH is 3. The summed E-state index contributed by atoms with van der Waals surface area (Å²) in [7, 11) is 0. The van der Waals surface area contributed by atoms with Gasteiger partial charge >= 0.3 is 11.9 Å². The molecule has 0 fully saturated rings. The van der Waals surface area contributed by atoms with Gasteiger partial charge in [0.25, 0.3) is 0 Å². The Kier molecular flexibility index (Phi) is 30.5. The monoisotopic (exact) mass is 645 g/mol. The molecule has 0 saturated carbocycles. The highest BCUT2D eigenvalue weighted by atomic mass is 16.5. The van der Waals surface area contributed by atoms with E-state index in [1.165, 1.54) is 96.3 Å². The number of aliphatic hydroxyl groups is 3. The fourth-order valence-corrected chi connectivity index (χ4v) is 6.02. The maximum Gasteiger partial charge on any atom is 0.322 e. The van der Waals surface area contributed by atoms with Crippen LogP contribution in [0.25, 0.3) is 0 Å². The zero-order valence-corrected chi connectivity index (χ0v) is 29.1. The zero-order valence-electron chi connectivity index (χ0n) is 29.1. The van der Waals surface area contributed by atoms with E-state index in [2.05, 4.69) is 6.92 Å². The summed E-state index contributed by atoms with van der Waals surface area (Å²) in [6.45, 7) is 4.81. The van der Waals surface area contributed by atoms with Crippen LogP contribution in [0, 0.1) is 5.92 Å². The Morgan fingerprint density at radius 3 is 1.56 bits per heavy atom. The average molecular weight is 645 g/mol. The number of aliphatic carboxylic acids is 1.